The third-order valence-electron chi connectivity index (χ3n) is 3.40. The highest BCUT2D eigenvalue weighted by molar-refractivity contribution is 5.74. The lowest BCUT2D eigenvalue weighted by atomic mass is 9.91. The maximum Gasteiger partial charge on any atom is 0.119 e. The van der Waals surface area contributed by atoms with Gasteiger partial charge in [0.2, 0.25) is 0 Å². The van der Waals surface area contributed by atoms with Crippen LogP contribution in [-0.4, -0.2) is 12.1 Å². The summed E-state index contributed by atoms with van der Waals surface area (Å²) in [7, 11) is 1.71. The van der Waals surface area contributed by atoms with Crippen LogP contribution in [0, 0.1) is 13.8 Å². The molecule has 1 aromatic carbocycles. The molecule has 0 aliphatic heterocycles. The van der Waals surface area contributed by atoms with E-state index in [1.54, 1.807) is 7.11 Å². The lowest BCUT2D eigenvalue weighted by Crippen LogP contribution is -1.99. The Balaban J connectivity index is 2.66. The van der Waals surface area contributed by atoms with Crippen LogP contribution < -0.4 is 4.74 Å². The minimum absolute atomic E-state index is 0.414. The summed E-state index contributed by atoms with van der Waals surface area (Å²) in [5, 5.41) is 0. The Hall–Kier alpha value is -1.83. The fourth-order valence-corrected chi connectivity index (χ4v) is 2.56. The average Bonchev–Trinajstić information content (AvgIpc) is 2.38. The molecule has 0 amide bonds. The molecule has 100 valence electrons. The standard InChI is InChI=1S/C17H21NO/c1-11(2)17-15(7-6-8-18-17)16-12(3)9-14(19-5)10-13(16)4/h6-11H,1-5H3. The summed E-state index contributed by atoms with van der Waals surface area (Å²) in [6.45, 7) is 8.62. The summed E-state index contributed by atoms with van der Waals surface area (Å²) in [5.74, 6) is 1.32. The molecule has 0 N–H and O–H groups in total. The number of aromatic nitrogens is 1. The average molecular weight is 255 g/mol. The topological polar surface area (TPSA) is 22.1 Å². The Bertz CT molecular complexity index is 565. The fraction of sp³-hybridized carbons (Fsp3) is 0.353. The molecule has 0 radical (unpaired) electrons. The molecule has 2 rings (SSSR count). The summed E-state index contributed by atoms with van der Waals surface area (Å²) in [6, 6.07) is 8.33. The number of rotatable bonds is 3. The Labute approximate surface area is 115 Å². The number of hydrogen-bond acceptors (Lipinski definition) is 2. The van der Waals surface area contributed by atoms with Crippen molar-refractivity contribution in [2.45, 2.75) is 33.6 Å². The predicted molar refractivity (Wildman–Crippen MR) is 79.8 cm³/mol. The highest BCUT2D eigenvalue weighted by Crippen LogP contribution is 2.34. The van der Waals surface area contributed by atoms with Crippen LogP contribution >= 0.6 is 0 Å². The summed E-state index contributed by atoms with van der Waals surface area (Å²) in [4.78, 5) is 4.55. The van der Waals surface area contributed by atoms with Crippen molar-refractivity contribution in [1.29, 1.82) is 0 Å². The maximum absolute atomic E-state index is 5.33. The Morgan fingerprint density at radius 2 is 1.74 bits per heavy atom. The molecular weight excluding hydrogens is 234 g/mol. The van der Waals surface area contributed by atoms with Gasteiger partial charge in [0.05, 0.1) is 12.8 Å². The van der Waals surface area contributed by atoms with Crippen LogP contribution in [-0.2, 0) is 0 Å². The van der Waals surface area contributed by atoms with Crippen molar-refractivity contribution in [2.24, 2.45) is 0 Å². The van der Waals surface area contributed by atoms with Gasteiger partial charge in [-0.3, -0.25) is 4.98 Å². The highest BCUT2D eigenvalue weighted by Gasteiger charge is 2.14. The van der Waals surface area contributed by atoms with Gasteiger partial charge >= 0.3 is 0 Å². The first-order chi connectivity index (χ1) is 9.04. The third kappa shape index (κ3) is 2.62. The van der Waals surface area contributed by atoms with Gasteiger partial charge in [-0.25, -0.2) is 0 Å². The summed E-state index contributed by atoms with van der Waals surface area (Å²) < 4.78 is 5.33. The van der Waals surface area contributed by atoms with Gasteiger partial charge < -0.3 is 4.74 Å². The molecule has 0 saturated heterocycles. The van der Waals surface area contributed by atoms with Crippen molar-refractivity contribution in [3.05, 3.63) is 47.3 Å². The lowest BCUT2D eigenvalue weighted by molar-refractivity contribution is 0.414. The monoisotopic (exact) mass is 255 g/mol. The molecule has 0 fully saturated rings. The van der Waals surface area contributed by atoms with E-state index in [4.69, 9.17) is 4.74 Å². The lowest BCUT2D eigenvalue weighted by Gasteiger charge is -2.17. The molecule has 0 spiro atoms. The van der Waals surface area contributed by atoms with E-state index in [-0.39, 0.29) is 0 Å². The van der Waals surface area contributed by atoms with Crippen molar-refractivity contribution >= 4 is 0 Å². The van der Waals surface area contributed by atoms with E-state index >= 15 is 0 Å². The van der Waals surface area contributed by atoms with Crippen LogP contribution in [0.15, 0.2) is 30.5 Å². The molecule has 2 heteroatoms. The fourth-order valence-electron chi connectivity index (χ4n) is 2.56. The van der Waals surface area contributed by atoms with E-state index in [1.807, 2.05) is 12.3 Å². The number of pyridine rings is 1. The first-order valence-corrected chi connectivity index (χ1v) is 6.65. The van der Waals surface area contributed by atoms with Gasteiger partial charge in [-0.15, -0.1) is 0 Å². The van der Waals surface area contributed by atoms with Crippen LogP contribution in [0.1, 0.15) is 36.6 Å². The number of methoxy groups -OCH3 is 1. The molecule has 0 saturated carbocycles. The van der Waals surface area contributed by atoms with Crippen LogP contribution in [0.4, 0.5) is 0 Å². The summed E-state index contributed by atoms with van der Waals surface area (Å²) in [6.07, 6.45) is 1.87. The van der Waals surface area contributed by atoms with Crippen LogP contribution in [0.3, 0.4) is 0 Å². The van der Waals surface area contributed by atoms with E-state index in [0.29, 0.717) is 5.92 Å². The second-order valence-electron chi connectivity index (χ2n) is 5.23. The molecule has 0 aliphatic carbocycles. The maximum atomic E-state index is 5.33. The van der Waals surface area contributed by atoms with E-state index in [0.717, 1.165) is 11.4 Å². The number of ether oxygens (including phenoxy) is 1. The van der Waals surface area contributed by atoms with E-state index in [1.165, 1.54) is 22.3 Å². The Kier molecular flexibility index (Phi) is 3.89. The molecule has 2 nitrogen and oxygen atoms in total. The van der Waals surface area contributed by atoms with Crippen LogP contribution in [0.2, 0.25) is 0 Å². The summed E-state index contributed by atoms with van der Waals surface area (Å²) >= 11 is 0. The van der Waals surface area contributed by atoms with Gasteiger partial charge in [0.15, 0.2) is 0 Å². The molecule has 2 aromatic rings. The molecular formula is C17H21NO. The van der Waals surface area contributed by atoms with Gasteiger partial charge in [-0.05, 0) is 54.7 Å². The number of benzene rings is 1. The molecule has 0 bridgehead atoms. The van der Waals surface area contributed by atoms with Gasteiger partial charge in [0.1, 0.15) is 5.75 Å². The van der Waals surface area contributed by atoms with Gasteiger partial charge in [0.25, 0.3) is 0 Å². The van der Waals surface area contributed by atoms with Crippen molar-refractivity contribution < 1.29 is 4.74 Å². The normalized spacial score (nSPS) is 10.8. The second kappa shape index (κ2) is 5.43. The molecule has 1 heterocycles. The van der Waals surface area contributed by atoms with Crippen molar-refractivity contribution in [3.8, 4) is 16.9 Å². The smallest absolute Gasteiger partial charge is 0.119 e. The second-order valence-corrected chi connectivity index (χ2v) is 5.23. The van der Waals surface area contributed by atoms with Gasteiger partial charge in [-0.2, -0.15) is 0 Å². The largest absolute Gasteiger partial charge is 0.497 e. The van der Waals surface area contributed by atoms with E-state index in [2.05, 4.69) is 50.9 Å². The number of nitrogens with zero attached hydrogens (tertiary/aromatic N) is 1. The minimum Gasteiger partial charge on any atom is -0.497 e. The van der Waals surface area contributed by atoms with Crippen molar-refractivity contribution in [1.82, 2.24) is 4.98 Å². The Morgan fingerprint density at radius 1 is 1.11 bits per heavy atom. The Morgan fingerprint density at radius 3 is 2.26 bits per heavy atom. The number of aryl methyl sites for hydroxylation is 2. The van der Waals surface area contributed by atoms with E-state index < -0.39 is 0 Å². The van der Waals surface area contributed by atoms with E-state index in [9.17, 15) is 0 Å². The number of hydrogen-bond donors (Lipinski definition) is 0. The zero-order valence-corrected chi connectivity index (χ0v) is 12.3. The first-order valence-electron chi connectivity index (χ1n) is 6.65. The molecule has 0 atom stereocenters. The quantitative estimate of drug-likeness (QED) is 0.805. The SMILES string of the molecule is COc1cc(C)c(-c2cccnc2C(C)C)c(C)c1. The highest BCUT2D eigenvalue weighted by atomic mass is 16.5. The van der Waals surface area contributed by atoms with Crippen LogP contribution in [0.25, 0.3) is 11.1 Å². The molecule has 0 unspecified atom stereocenters. The third-order valence-corrected chi connectivity index (χ3v) is 3.40. The molecule has 1 aromatic heterocycles. The van der Waals surface area contributed by atoms with Crippen molar-refractivity contribution in [2.75, 3.05) is 7.11 Å². The van der Waals surface area contributed by atoms with Crippen LogP contribution in [0.5, 0.6) is 5.75 Å². The zero-order chi connectivity index (χ0) is 14.0. The molecule has 0 aliphatic rings. The predicted octanol–water partition coefficient (Wildman–Crippen LogP) is 4.50. The first kappa shape index (κ1) is 13.6. The summed E-state index contributed by atoms with van der Waals surface area (Å²) in [5.41, 5.74) is 6.12. The van der Waals surface area contributed by atoms with Gasteiger partial charge in [-0.1, -0.05) is 19.9 Å². The molecule has 19 heavy (non-hydrogen) atoms. The van der Waals surface area contributed by atoms with Gasteiger partial charge in [0, 0.05) is 11.8 Å². The minimum atomic E-state index is 0.414. The zero-order valence-electron chi connectivity index (χ0n) is 12.3. The van der Waals surface area contributed by atoms with Crippen molar-refractivity contribution in [3.63, 3.8) is 0 Å².